The Morgan fingerprint density at radius 2 is 1.62 bits per heavy atom. The minimum Gasteiger partial charge on any atom is -0.356 e. The minimum atomic E-state index is -4.96. The molecule has 0 bridgehead atoms. The van der Waals surface area contributed by atoms with Gasteiger partial charge in [-0.15, -0.1) is 11.8 Å². The van der Waals surface area contributed by atoms with Gasteiger partial charge in [0.05, 0.1) is 4.90 Å². The fraction of sp³-hybridized carbons (Fsp3) is 0.300. The van der Waals surface area contributed by atoms with Gasteiger partial charge in [0, 0.05) is 19.2 Å². The molecule has 11 heteroatoms. The molecule has 0 fully saturated rings. The summed E-state index contributed by atoms with van der Waals surface area (Å²) in [6.07, 6.45) is 0. The Morgan fingerprint density at radius 1 is 1.14 bits per heavy atom. The number of amides is 1. The van der Waals surface area contributed by atoms with E-state index in [4.69, 9.17) is 0 Å². The molecule has 0 aromatic heterocycles. The molecule has 0 aliphatic carbocycles. The van der Waals surface area contributed by atoms with E-state index in [1.165, 1.54) is 6.92 Å². The van der Waals surface area contributed by atoms with Crippen LogP contribution in [0.5, 0.6) is 0 Å². The van der Waals surface area contributed by atoms with E-state index in [-0.39, 0.29) is 12.3 Å². The van der Waals surface area contributed by atoms with Gasteiger partial charge in [-0.25, -0.2) is 31.1 Å². The van der Waals surface area contributed by atoms with Gasteiger partial charge in [-0.2, -0.15) is 0 Å². The third kappa shape index (κ3) is 4.08. The van der Waals surface area contributed by atoms with Gasteiger partial charge in [0.2, 0.25) is 15.9 Å². The van der Waals surface area contributed by atoms with Crippen LogP contribution in [0.15, 0.2) is 9.79 Å². The predicted molar refractivity (Wildman–Crippen MR) is 67.1 cm³/mol. The summed E-state index contributed by atoms with van der Waals surface area (Å²) in [6, 6.07) is 0. The molecule has 0 spiro atoms. The summed E-state index contributed by atoms with van der Waals surface area (Å²) in [5.41, 5.74) is 0. The van der Waals surface area contributed by atoms with Gasteiger partial charge < -0.3 is 5.32 Å². The van der Waals surface area contributed by atoms with E-state index in [1.54, 1.807) is 0 Å². The molecule has 0 saturated heterocycles. The summed E-state index contributed by atoms with van der Waals surface area (Å²) >= 11 is 0.383. The van der Waals surface area contributed by atoms with Crippen molar-refractivity contribution in [2.24, 2.45) is 5.14 Å². The largest absolute Gasteiger partial charge is 0.356 e. The van der Waals surface area contributed by atoms with Gasteiger partial charge in [0.25, 0.3) is 0 Å². The van der Waals surface area contributed by atoms with Gasteiger partial charge in [0.15, 0.2) is 28.2 Å². The van der Waals surface area contributed by atoms with Crippen molar-refractivity contribution in [2.45, 2.75) is 16.7 Å². The van der Waals surface area contributed by atoms with E-state index in [1.807, 2.05) is 0 Å². The van der Waals surface area contributed by atoms with Crippen LogP contribution in [-0.4, -0.2) is 26.6 Å². The number of nitrogens with one attached hydrogen (secondary N) is 1. The Hall–Kier alpha value is -1.33. The highest BCUT2D eigenvalue weighted by Crippen LogP contribution is 2.32. The molecule has 0 aliphatic heterocycles. The predicted octanol–water partition coefficient (Wildman–Crippen LogP) is 1.12. The maximum absolute atomic E-state index is 13.6. The third-order valence-corrected chi connectivity index (χ3v) is 4.17. The molecule has 1 rings (SSSR count). The molecule has 3 N–H and O–H groups in total. The molecule has 118 valence electrons. The van der Waals surface area contributed by atoms with E-state index < -0.39 is 49.0 Å². The molecular formula is C10H10F4N2O3S2. The van der Waals surface area contributed by atoms with Crippen LogP contribution < -0.4 is 10.5 Å². The first kappa shape index (κ1) is 17.7. The van der Waals surface area contributed by atoms with Crippen molar-refractivity contribution in [3.05, 3.63) is 23.3 Å². The highest BCUT2D eigenvalue weighted by molar-refractivity contribution is 7.99. The molecule has 5 nitrogen and oxygen atoms in total. The maximum atomic E-state index is 13.6. The number of hydrogen-bond donors (Lipinski definition) is 2. The van der Waals surface area contributed by atoms with Crippen molar-refractivity contribution < 1.29 is 30.8 Å². The second-order valence-electron chi connectivity index (χ2n) is 3.79. The fourth-order valence-corrected chi connectivity index (χ4v) is 2.87. The number of rotatable bonds is 5. The average Bonchev–Trinajstić information content (AvgIpc) is 2.33. The number of benzene rings is 1. The van der Waals surface area contributed by atoms with E-state index in [9.17, 15) is 30.8 Å². The number of carbonyl (C=O) groups excluding carboxylic acids is 1. The molecule has 0 heterocycles. The second-order valence-corrected chi connectivity index (χ2v) is 6.39. The first-order valence-electron chi connectivity index (χ1n) is 5.33. The van der Waals surface area contributed by atoms with Gasteiger partial charge in [-0.1, -0.05) is 0 Å². The van der Waals surface area contributed by atoms with E-state index >= 15 is 0 Å². The van der Waals surface area contributed by atoms with Crippen molar-refractivity contribution in [3.63, 3.8) is 0 Å². The number of primary sulfonamides is 1. The Kier molecular flexibility index (Phi) is 5.59. The van der Waals surface area contributed by atoms with Crippen molar-refractivity contribution in [3.8, 4) is 0 Å². The molecule has 0 unspecified atom stereocenters. The molecule has 0 radical (unpaired) electrons. The lowest BCUT2D eigenvalue weighted by Crippen LogP contribution is -2.22. The minimum absolute atomic E-state index is 0.000935. The number of halogens is 4. The maximum Gasteiger partial charge on any atom is 0.244 e. The lowest BCUT2D eigenvalue weighted by Gasteiger charge is -2.10. The normalized spacial score (nSPS) is 11.5. The number of sulfonamides is 1. The number of hydrogen-bond acceptors (Lipinski definition) is 4. The Bertz CT molecular complexity index is 650. The summed E-state index contributed by atoms with van der Waals surface area (Å²) < 4.78 is 76.1. The quantitative estimate of drug-likeness (QED) is 0.362. The van der Waals surface area contributed by atoms with E-state index in [0.717, 1.165) is 0 Å². The zero-order valence-corrected chi connectivity index (χ0v) is 12.2. The summed E-state index contributed by atoms with van der Waals surface area (Å²) in [5, 5.41) is 6.82. The van der Waals surface area contributed by atoms with E-state index in [0.29, 0.717) is 11.8 Å². The molecule has 21 heavy (non-hydrogen) atoms. The highest BCUT2D eigenvalue weighted by atomic mass is 32.2. The zero-order valence-electron chi connectivity index (χ0n) is 10.5. The van der Waals surface area contributed by atoms with Crippen LogP contribution in [0.3, 0.4) is 0 Å². The van der Waals surface area contributed by atoms with Crippen LogP contribution in [0.1, 0.15) is 6.92 Å². The molecule has 1 aromatic carbocycles. The number of thioether (sulfide) groups is 1. The van der Waals surface area contributed by atoms with Crippen LogP contribution in [0.4, 0.5) is 17.6 Å². The van der Waals surface area contributed by atoms with Crippen LogP contribution in [0.25, 0.3) is 0 Å². The summed E-state index contributed by atoms with van der Waals surface area (Å²) in [6.45, 7) is 1.21. The molecular weight excluding hydrogens is 336 g/mol. The smallest absolute Gasteiger partial charge is 0.244 e. The van der Waals surface area contributed by atoms with Crippen LogP contribution in [-0.2, 0) is 14.8 Å². The lowest BCUT2D eigenvalue weighted by atomic mass is 10.3. The molecule has 1 aromatic rings. The SMILES string of the molecule is CC(=O)NCCSc1c(F)c(F)c(S(N)(=O)=O)c(F)c1F. The van der Waals surface area contributed by atoms with Crippen molar-refractivity contribution in [2.75, 3.05) is 12.3 Å². The van der Waals surface area contributed by atoms with Crippen LogP contribution in [0, 0.1) is 23.3 Å². The Labute approximate surface area is 121 Å². The Morgan fingerprint density at radius 3 is 2.00 bits per heavy atom. The fourth-order valence-electron chi connectivity index (χ4n) is 1.35. The standard InChI is InChI=1S/C10H10F4N2O3S2/c1-4(17)16-2-3-20-9-5(11)7(13)10(21(15,18)19)8(14)6(9)12/h2-3H2,1H3,(H,16,17)(H2,15,18,19). The number of carbonyl (C=O) groups is 1. The van der Waals surface area contributed by atoms with Crippen LogP contribution >= 0.6 is 11.8 Å². The lowest BCUT2D eigenvalue weighted by molar-refractivity contribution is -0.118. The van der Waals surface area contributed by atoms with Crippen molar-refractivity contribution in [1.82, 2.24) is 5.32 Å². The third-order valence-electron chi connectivity index (χ3n) is 2.19. The zero-order chi connectivity index (χ0) is 16.4. The molecule has 0 saturated carbocycles. The monoisotopic (exact) mass is 346 g/mol. The molecule has 0 atom stereocenters. The first-order chi connectivity index (χ1) is 9.57. The average molecular weight is 346 g/mol. The summed E-state index contributed by atoms with van der Waals surface area (Å²) in [7, 11) is -4.96. The van der Waals surface area contributed by atoms with Crippen LogP contribution in [0.2, 0.25) is 0 Å². The first-order valence-corrected chi connectivity index (χ1v) is 7.86. The Balaban J connectivity index is 3.17. The van der Waals surface area contributed by atoms with Crippen molar-refractivity contribution in [1.29, 1.82) is 0 Å². The van der Waals surface area contributed by atoms with Gasteiger partial charge in [-0.3, -0.25) is 4.79 Å². The topological polar surface area (TPSA) is 89.3 Å². The molecule has 1 amide bonds. The van der Waals surface area contributed by atoms with Crippen molar-refractivity contribution >= 4 is 27.7 Å². The van der Waals surface area contributed by atoms with Gasteiger partial charge in [-0.05, 0) is 0 Å². The van der Waals surface area contributed by atoms with Gasteiger partial charge in [0.1, 0.15) is 0 Å². The summed E-state index contributed by atoms with van der Waals surface area (Å²) in [5.74, 6) is -8.35. The highest BCUT2D eigenvalue weighted by Gasteiger charge is 2.31. The second kappa shape index (κ2) is 6.62. The number of nitrogens with two attached hydrogens (primary N) is 1. The van der Waals surface area contributed by atoms with E-state index in [2.05, 4.69) is 10.5 Å². The molecule has 0 aliphatic rings. The van der Waals surface area contributed by atoms with Gasteiger partial charge >= 0.3 is 0 Å². The summed E-state index contributed by atoms with van der Waals surface area (Å²) in [4.78, 5) is 7.70.